The molecule has 6 nitrogen and oxygen atoms in total. The van der Waals surface area contributed by atoms with Crippen molar-refractivity contribution >= 4 is 29.0 Å². The van der Waals surface area contributed by atoms with Crippen LogP contribution in [-0.2, 0) is 0 Å². The van der Waals surface area contributed by atoms with E-state index in [0.717, 1.165) is 5.69 Å². The lowest BCUT2D eigenvalue weighted by Gasteiger charge is -2.21. The van der Waals surface area contributed by atoms with Crippen LogP contribution in [0.3, 0.4) is 0 Å². The van der Waals surface area contributed by atoms with Crippen molar-refractivity contribution in [3.8, 4) is 0 Å². The summed E-state index contributed by atoms with van der Waals surface area (Å²) in [7, 11) is 0. The van der Waals surface area contributed by atoms with Crippen LogP contribution in [0.25, 0.3) is 0 Å². The molecule has 0 aliphatic rings. The molecule has 136 valence electrons. The second-order valence-electron chi connectivity index (χ2n) is 5.91. The molecule has 0 spiro atoms. The summed E-state index contributed by atoms with van der Waals surface area (Å²) in [5.74, 6) is 0.107. The van der Waals surface area contributed by atoms with Gasteiger partial charge in [-0.1, -0.05) is 18.2 Å². The molecule has 0 saturated carbocycles. The van der Waals surface area contributed by atoms with Crippen LogP contribution in [0.2, 0.25) is 0 Å². The number of benzene rings is 2. The number of anilines is 3. The first-order valence-corrected chi connectivity index (χ1v) is 8.66. The van der Waals surface area contributed by atoms with Crippen molar-refractivity contribution in [2.45, 2.75) is 13.8 Å². The highest BCUT2D eigenvalue weighted by molar-refractivity contribution is 6.03. The first-order valence-electron chi connectivity index (χ1n) is 8.66. The lowest BCUT2D eigenvalue weighted by molar-refractivity contribution is 0.101. The molecule has 3 rings (SSSR count). The molecule has 1 N–H and O–H groups in total. The van der Waals surface area contributed by atoms with E-state index in [9.17, 15) is 9.59 Å². The van der Waals surface area contributed by atoms with Gasteiger partial charge in [-0.3, -0.25) is 9.59 Å². The molecule has 3 aromatic rings. The molecule has 0 saturated heterocycles. The summed E-state index contributed by atoms with van der Waals surface area (Å²) in [5.41, 5.74) is 2.42. The summed E-state index contributed by atoms with van der Waals surface area (Å²) < 4.78 is 0. The lowest BCUT2D eigenvalue weighted by Crippen LogP contribution is -2.21. The summed E-state index contributed by atoms with van der Waals surface area (Å²) in [6.45, 7) is 4.17. The number of carbonyl (C=O) groups excluding carboxylic acids is 2. The van der Waals surface area contributed by atoms with Crippen molar-refractivity contribution in [2.24, 2.45) is 0 Å². The van der Waals surface area contributed by atoms with Crippen LogP contribution in [0.5, 0.6) is 0 Å². The molecule has 0 radical (unpaired) electrons. The molecule has 1 heterocycles. The fourth-order valence-electron chi connectivity index (χ4n) is 2.64. The fraction of sp³-hybridized carbons (Fsp3) is 0.143. The van der Waals surface area contributed by atoms with Crippen molar-refractivity contribution in [1.29, 1.82) is 0 Å². The number of para-hydroxylation sites is 1. The summed E-state index contributed by atoms with van der Waals surface area (Å²) >= 11 is 0. The SMILES string of the molecule is CCN(c1ccccc1)c1nccc(C(=O)Nc2ccc(C(C)=O)cc2)n1. The van der Waals surface area contributed by atoms with Gasteiger partial charge in [0.25, 0.3) is 5.91 Å². The van der Waals surface area contributed by atoms with E-state index in [2.05, 4.69) is 15.3 Å². The molecule has 0 fully saturated rings. The van der Waals surface area contributed by atoms with Gasteiger partial charge in [-0.15, -0.1) is 0 Å². The van der Waals surface area contributed by atoms with E-state index in [4.69, 9.17) is 0 Å². The summed E-state index contributed by atoms with van der Waals surface area (Å²) in [6.07, 6.45) is 1.57. The average molecular weight is 360 g/mol. The topological polar surface area (TPSA) is 75.2 Å². The van der Waals surface area contributed by atoms with Gasteiger partial charge >= 0.3 is 0 Å². The number of aromatic nitrogens is 2. The van der Waals surface area contributed by atoms with Crippen molar-refractivity contribution in [1.82, 2.24) is 9.97 Å². The second-order valence-corrected chi connectivity index (χ2v) is 5.91. The molecular weight excluding hydrogens is 340 g/mol. The van der Waals surface area contributed by atoms with Crippen molar-refractivity contribution in [3.05, 3.63) is 78.1 Å². The van der Waals surface area contributed by atoms with Gasteiger partial charge in [0, 0.05) is 29.7 Å². The van der Waals surface area contributed by atoms with E-state index < -0.39 is 0 Å². The minimum atomic E-state index is -0.335. The number of carbonyl (C=O) groups is 2. The van der Waals surface area contributed by atoms with E-state index in [1.807, 2.05) is 42.2 Å². The van der Waals surface area contributed by atoms with Crippen molar-refractivity contribution < 1.29 is 9.59 Å². The smallest absolute Gasteiger partial charge is 0.274 e. The van der Waals surface area contributed by atoms with Gasteiger partial charge < -0.3 is 10.2 Å². The highest BCUT2D eigenvalue weighted by atomic mass is 16.2. The van der Waals surface area contributed by atoms with Crippen LogP contribution in [0.1, 0.15) is 34.7 Å². The van der Waals surface area contributed by atoms with Crippen LogP contribution in [0.4, 0.5) is 17.3 Å². The van der Waals surface area contributed by atoms with E-state index in [1.165, 1.54) is 6.92 Å². The van der Waals surface area contributed by atoms with Crippen molar-refractivity contribution in [2.75, 3.05) is 16.8 Å². The maximum atomic E-state index is 12.5. The van der Waals surface area contributed by atoms with Crippen LogP contribution < -0.4 is 10.2 Å². The van der Waals surface area contributed by atoms with Gasteiger partial charge in [-0.2, -0.15) is 0 Å². The van der Waals surface area contributed by atoms with Gasteiger partial charge in [-0.25, -0.2) is 9.97 Å². The zero-order chi connectivity index (χ0) is 19.2. The maximum Gasteiger partial charge on any atom is 0.274 e. The van der Waals surface area contributed by atoms with Gasteiger partial charge in [-0.05, 0) is 56.3 Å². The highest BCUT2D eigenvalue weighted by Crippen LogP contribution is 2.21. The monoisotopic (exact) mass is 360 g/mol. The molecule has 6 heteroatoms. The Labute approximate surface area is 157 Å². The molecule has 27 heavy (non-hydrogen) atoms. The van der Waals surface area contributed by atoms with Crippen LogP contribution in [0, 0.1) is 0 Å². The van der Waals surface area contributed by atoms with Gasteiger partial charge in [0.2, 0.25) is 5.95 Å². The number of Topliss-reactive ketones (excluding diaryl/α,β-unsaturated/α-hetero) is 1. The van der Waals surface area contributed by atoms with Gasteiger partial charge in [0.05, 0.1) is 0 Å². The lowest BCUT2D eigenvalue weighted by atomic mass is 10.1. The third-order valence-electron chi connectivity index (χ3n) is 4.05. The minimum Gasteiger partial charge on any atom is -0.321 e. The Hall–Kier alpha value is -3.54. The number of hydrogen-bond donors (Lipinski definition) is 1. The predicted molar refractivity (Wildman–Crippen MR) is 106 cm³/mol. The Bertz CT molecular complexity index is 940. The molecule has 1 amide bonds. The summed E-state index contributed by atoms with van der Waals surface area (Å²) in [5, 5.41) is 2.79. The number of rotatable bonds is 6. The number of nitrogens with one attached hydrogen (secondary N) is 1. The largest absolute Gasteiger partial charge is 0.321 e. The Morgan fingerprint density at radius 3 is 2.33 bits per heavy atom. The van der Waals surface area contributed by atoms with Crippen LogP contribution in [0.15, 0.2) is 66.9 Å². The Kier molecular flexibility index (Phi) is 5.56. The summed E-state index contributed by atoms with van der Waals surface area (Å²) in [4.78, 5) is 34.5. The molecule has 1 aromatic heterocycles. The molecule has 0 aliphatic carbocycles. The molecular formula is C21H20N4O2. The molecule has 0 unspecified atom stereocenters. The standard InChI is InChI=1S/C21H20N4O2/c1-3-25(18-7-5-4-6-8-18)21-22-14-13-19(24-21)20(27)23-17-11-9-16(10-12-17)15(2)26/h4-14H,3H2,1-2H3,(H,23,27). The number of amides is 1. The highest BCUT2D eigenvalue weighted by Gasteiger charge is 2.14. The van der Waals surface area contributed by atoms with E-state index >= 15 is 0 Å². The van der Waals surface area contributed by atoms with E-state index in [0.29, 0.717) is 23.7 Å². The number of nitrogens with zero attached hydrogens (tertiary/aromatic N) is 3. The zero-order valence-corrected chi connectivity index (χ0v) is 15.2. The number of hydrogen-bond acceptors (Lipinski definition) is 5. The first-order chi connectivity index (χ1) is 13.1. The van der Waals surface area contributed by atoms with Crippen molar-refractivity contribution in [3.63, 3.8) is 0 Å². The quantitative estimate of drug-likeness (QED) is 0.670. The molecule has 2 aromatic carbocycles. The maximum absolute atomic E-state index is 12.5. The van der Waals surface area contributed by atoms with Gasteiger partial charge in [0.1, 0.15) is 5.69 Å². The molecule has 0 aliphatic heterocycles. The normalized spacial score (nSPS) is 10.3. The number of ketones is 1. The first kappa shape index (κ1) is 18.3. The summed E-state index contributed by atoms with van der Waals surface area (Å²) in [6, 6.07) is 18.1. The second kappa shape index (κ2) is 8.23. The van der Waals surface area contributed by atoms with E-state index in [1.54, 1.807) is 36.5 Å². The predicted octanol–water partition coefficient (Wildman–Crippen LogP) is 4.09. The zero-order valence-electron chi connectivity index (χ0n) is 15.2. The van der Waals surface area contributed by atoms with Crippen LogP contribution >= 0.6 is 0 Å². The molecule has 0 atom stereocenters. The average Bonchev–Trinajstić information content (AvgIpc) is 2.70. The Morgan fingerprint density at radius 2 is 1.70 bits per heavy atom. The fourth-order valence-corrected chi connectivity index (χ4v) is 2.64. The van der Waals surface area contributed by atoms with Gasteiger partial charge in [0.15, 0.2) is 5.78 Å². The Morgan fingerprint density at radius 1 is 1.00 bits per heavy atom. The van der Waals surface area contributed by atoms with E-state index in [-0.39, 0.29) is 17.4 Å². The molecule has 0 bridgehead atoms. The Balaban J connectivity index is 1.80. The minimum absolute atomic E-state index is 0.0195. The third kappa shape index (κ3) is 4.36. The van der Waals surface area contributed by atoms with Crippen LogP contribution in [-0.4, -0.2) is 28.2 Å². The third-order valence-corrected chi connectivity index (χ3v) is 4.05.